The second kappa shape index (κ2) is 9.98. The Kier molecular flexibility index (Phi) is 6.87. The van der Waals surface area contributed by atoms with Gasteiger partial charge in [-0.05, 0) is 61.7 Å². The van der Waals surface area contributed by atoms with Gasteiger partial charge in [-0.25, -0.2) is 0 Å². The third kappa shape index (κ3) is 5.13. The van der Waals surface area contributed by atoms with Crippen LogP contribution in [0.5, 0.6) is 11.6 Å². The van der Waals surface area contributed by atoms with Gasteiger partial charge in [0.25, 0.3) is 11.5 Å². The van der Waals surface area contributed by atoms with E-state index in [-0.39, 0.29) is 23.1 Å². The molecule has 1 saturated heterocycles. The highest BCUT2D eigenvalue weighted by Gasteiger charge is 2.20. The number of aromatic nitrogens is 2. The lowest BCUT2D eigenvalue weighted by molar-refractivity contribution is -0.117. The first-order valence-corrected chi connectivity index (χ1v) is 11.2. The fraction of sp³-hybridized carbons (Fsp3) is 0.250. The van der Waals surface area contributed by atoms with Crippen LogP contribution in [-0.4, -0.2) is 34.5 Å². The van der Waals surface area contributed by atoms with Crippen LogP contribution in [0.3, 0.4) is 0 Å². The fourth-order valence-corrected chi connectivity index (χ4v) is 3.77. The van der Waals surface area contributed by atoms with Gasteiger partial charge in [0.2, 0.25) is 5.88 Å². The van der Waals surface area contributed by atoms with Gasteiger partial charge in [0, 0.05) is 23.8 Å². The molecule has 1 aliphatic heterocycles. The molecule has 1 aromatic carbocycles. The van der Waals surface area contributed by atoms with Gasteiger partial charge >= 0.3 is 0 Å². The quantitative estimate of drug-likeness (QED) is 0.401. The summed E-state index contributed by atoms with van der Waals surface area (Å²) in [5.74, 6) is -0.119. The number of ether oxygens (including phenoxy) is 2. The standard InChI is InChI=1S/C24H21BrN4O4/c1-15-4-2-10-29-21(15)28-23(33-18-8-6-17(25)7-9-18)20(24(29)31)12-16(13-26)22(30)27-14-19-5-3-11-32-19/h2,4,6-10,12,19H,3,5,11,14H2,1H3,(H,27,30)/b16-12+. The van der Waals surface area contributed by atoms with Gasteiger partial charge in [-0.1, -0.05) is 22.0 Å². The summed E-state index contributed by atoms with van der Waals surface area (Å²) in [7, 11) is 0. The molecule has 2 aromatic heterocycles. The molecule has 0 aliphatic carbocycles. The number of halogens is 1. The van der Waals surface area contributed by atoms with Crippen LogP contribution in [0.1, 0.15) is 24.0 Å². The van der Waals surface area contributed by atoms with Gasteiger partial charge in [-0.3, -0.25) is 14.0 Å². The highest BCUT2D eigenvalue weighted by atomic mass is 79.9. The summed E-state index contributed by atoms with van der Waals surface area (Å²) < 4.78 is 13.7. The smallest absolute Gasteiger partial charge is 0.269 e. The molecular weight excluding hydrogens is 488 g/mol. The van der Waals surface area contributed by atoms with Gasteiger partial charge in [-0.2, -0.15) is 10.2 Å². The van der Waals surface area contributed by atoms with E-state index in [9.17, 15) is 14.9 Å². The number of hydrogen-bond donors (Lipinski definition) is 1. The van der Waals surface area contributed by atoms with Crippen LogP contribution >= 0.6 is 15.9 Å². The number of nitrogens with zero attached hydrogens (tertiary/aromatic N) is 3. The Labute approximate surface area is 198 Å². The molecule has 33 heavy (non-hydrogen) atoms. The molecule has 1 unspecified atom stereocenters. The van der Waals surface area contributed by atoms with Crippen LogP contribution in [0, 0.1) is 18.3 Å². The number of hydrogen-bond acceptors (Lipinski definition) is 6. The first-order chi connectivity index (χ1) is 16.0. The predicted molar refractivity (Wildman–Crippen MR) is 126 cm³/mol. The molecule has 8 nitrogen and oxygen atoms in total. The number of benzene rings is 1. The van der Waals surface area contributed by atoms with E-state index in [2.05, 4.69) is 26.2 Å². The van der Waals surface area contributed by atoms with Gasteiger partial charge < -0.3 is 14.8 Å². The Bertz CT molecular complexity index is 1320. The van der Waals surface area contributed by atoms with Gasteiger partial charge in [0.1, 0.15) is 28.6 Å². The van der Waals surface area contributed by atoms with Crippen LogP contribution in [0.25, 0.3) is 11.7 Å². The van der Waals surface area contributed by atoms with E-state index in [1.165, 1.54) is 10.5 Å². The third-order valence-corrected chi connectivity index (χ3v) is 5.77. The fourth-order valence-electron chi connectivity index (χ4n) is 3.51. The zero-order chi connectivity index (χ0) is 23.4. The topological polar surface area (TPSA) is 106 Å². The largest absolute Gasteiger partial charge is 0.438 e. The minimum Gasteiger partial charge on any atom is -0.438 e. The number of pyridine rings is 1. The lowest BCUT2D eigenvalue weighted by atomic mass is 10.1. The van der Waals surface area contributed by atoms with Crippen LogP contribution in [0.2, 0.25) is 0 Å². The van der Waals surface area contributed by atoms with E-state index in [1.807, 2.05) is 19.1 Å². The predicted octanol–water partition coefficient (Wildman–Crippen LogP) is 3.76. The number of aryl methyl sites for hydroxylation is 1. The minimum absolute atomic E-state index is 0.00448. The maximum atomic E-state index is 13.3. The van der Waals surface area contributed by atoms with Crippen molar-refractivity contribution in [3.8, 4) is 17.7 Å². The van der Waals surface area contributed by atoms with E-state index >= 15 is 0 Å². The number of nitrogens with one attached hydrogen (secondary N) is 1. The Hall–Kier alpha value is -3.48. The highest BCUT2D eigenvalue weighted by Crippen LogP contribution is 2.26. The summed E-state index contributed by atoms with van der Waals surface area (Å²) in [4.78, 5) is 30.5. The normalized spacial score (nSPS) is 15.9. The molecule has 0 saturated carbocycles. The number of nitriles is 1. The molecule has 0 radical (unpaired) electrons. The van der Waals surface area contributed by atoms with Crippen LogP contribution in [0.4, 0.5) is 0 Å². The molecular formula is C24H21BrN4O4. The van der Waals surface area contributed by atoms with E-state index in [1.54, 1.807) is 36.5 Å². The van der Waals surface area contributed by atoms with Crippen molar-refractivity contribution in [2.75, 3.05) is 13.2 Å². The van der Waals surface area contributed by atoms with E-state index < -0.39 is 11.5 Å². The average molecular weight is 509 g/mol. The number of fused-ring (bicyclic) bond motifs is 1. The zero-order valence-corrected chi connectivity index (χ0v) is 19.5. The third-order valence-electron chi connectivity index (χ3n) is 5.25. The molecule has 4 rings (SSSR count). The van der Waals surface area contributed by atoms with Crippen LogP contribution < -0.4 is 15.6 Å². The van der Waals surface area contributed by atoms with E-state index in [4.69, 9.17) is 9.47 Å². The highest BCUT2D eigenvalue weighted by molar-refractivity contribution is 9.10. The summed E-state index contributed by atoms with van der Waals surface area (Å²) in [5, 5.41) is 12.3. The molecule has 1 N–H and O–H groups in total. The van der Waals surface area contributed by atoms with Gasteiger partial charge in [0.15, 0.2) is 0 Å². The SMILES string of the molecule is Cc1cccn2c(=O)c(/C=C(\C#N)C(=O)NCC3CCCO3)c(Oc3ccc(Br)cc3)nc12. The first kappa shape index (κ1) is 22.7. The van der Waals surface area contributed by atoms with Crippen molar-refractivity contribution < 1.29 is 14.3 Å². The van der Waals surface area contributed by atoms with E-state index in [0.29, 0.717) is 24.5 Å². The molecule has 168 valence electrons. The Morgan fingerprint density at radius 3 is 2.88 bits per heavy atom. The molecule has 1 fully saturated rings. The van der Waals surface area contributed by atoms with Crippen molar-refractivity contribution in [1.29, 1.82) is 5.26 Å². The molecule has 0 bridgehead atoms. The Balaban J connectivity index is 1.75. The molecule has 1 amide bonds. The van der Waals surface area contributed by atoms with Crippen LogP contribution in [-0.2, 0) is 9.53 Å². The Morgan fingerprint density at radius 2 is 2.18 bits per heavy atom. The van der Waals surface area contributed by atoms with Crippen molar-refractivity contribution in [2.45, 2.75) is 25.9 Å². The molecule has 1 aliphatic rings. The number of rotatable bonds is 6. The monoisotopic (exact) mass is 508 g/mol. The summed E-state index contributed by atoms with van der Waals surface area (Å²) in [6.07, 6.45) is 4.54. The van der Waals surface area contributed by atoms with Crippen LogP contribution in [0.15, 0.2) is 57.4 Å². The van der Waals surface area contributed by atoms with Crippen molar-refractivity contribution in [3.63, 3.8) is 0 Å². The first-order valence-electron chi connectivity index (χ1n) is 10.4. The maximum Gasteiger partial charge on any atom is 0.269 e. The zero-order valence-electron chi connectivity index (χ0n) is 17.9. The second-order valence-corrected chi connectivity index (χ2v) is 8.51. The summed E-state index contributed by atoms with van der Waals surface area (Å²) in [6, 6.07) is 12.5. The Morgan fingerprint density at radius 1 is 1.39 bits per heavy atom. The number of carbonyl (C=O) groups excluding carboxylic acids is 1. The van der Waals surface area contributed by atoms with Crippen molar-refractivity contribution in [3.05, 3.63) is 74.1 Å². The summed E-state index contributed by atoms with van der Waals surface area (Å²) in [6.45, 7) is 2.80. The molecule has 1 atom stereocenters. The summed E-state index contributed by atoms with van der Waals surface area (Å²) in [5.41, 5.74) is 0.536. The maximum absolute atomic E-state index is 13.3. The van der Waals surface area contributed by atoms with E-state index in [0.717, 1.165) is 22.9 Å². The molecule has 3 aromatic rings. The summed E-state index contributed by atoms with van der Waals surface area (Å²) >= 11 is 3.37. The molecule has 0 spiro atoms. The molecule has 3 heterocycles. The second-order valence-electron chi connectivity index (χ2n) is 7.59. The lowest BCUT2D eigenvalue weighted by Crippen LogP contribution is -2.32. The number of carbonyl (C=O) groups is 1. The lowest BCUT2D eigenvalue weighted by Gasteiger charge is -2.12. The van der Waals surface area contributed by atoms with Gasteiger partial charge in [-0.15, -0.1) is 0 Å². The van der Waals surface area contributed by atoms with Crippen molar-refractivity contribution >= 4 is 33.6 Å². The average Bonchev–Trinajstić information content (AvgIpc) is 3.33. The minimum atomic E-state index is -0.587. The van der Waals surface area contributed by atoms with Crippen molar-refractivity contribution in [1.82, 2.24) is 14.7 Å². The number of amides is 1. The molecule has 9 heteroatoms. The van der Waals surface area contributed by atoms with Gasteiger partial charge in [0.05, 0.1) is 6.10 Å². The van der Waals surface area contributed by atoms with Crippen molar-refractivity contribution in [2.24, 2.45) is 0 Å².